The normalized spacial score (nSPS) is 13.2. The van der Waals surface area contributed by atoms with E-state index in [2.05, 4.69) is 21.8 Å². The van der Waals surface area contributed by atoms with Gasteiger partial charge in [-0.05, 0) is 48.8 Å². The highest BCUT2D eigenvalue weighted by Gasteiger charge is 2.21. The van der Waals surface area contributed by atoms with E-state index in [4.69, 9.17) is 15.7 Å². The molecule has 6 nitrogen and oxygen atoms in total. The number of carbonyl (C=O) groups excluding carboxylic acids is 1. The SMILES string of the molecule is NC(=O)c1cccc2c(-c3nc4c(c(NCc5ccccc5)n3)CCCC4)nsc12. The van der Waals surface area contributed by atoms with Crippen LogP contribution in [0.2, 0.25) is 0 Å². The lowest BCUT2D eigenvalue weighted by Gasteiger charge is -2.19. The highest BCUT2D eigenvalue weighted by Crippen LogP contribution is 2.34. The van der Waals surface area contributed by atoms with Crippen LogP contribution in [0.3, 0.4) is 0 Å². The second kappa shape index (κ2) is 7.84. The average molecular weight is 416 g/mol. The van der Waals surface area contributed by atoms with E-state index in [1.165, 1.54) is 22.7 Å². The van der Waals surface area contributed by atoms with E-state index < -0.39 is 5.91 Å². The molecule has 0 unspecified atom stereocenters. The summed E-state index contributed by atoms with van der Waals surface area (Å²) >= 11 is 1.27. The van der Waals surface area contributed by atoms with Crippen LogP contribution in [0.25, 0.3) is 21.6 Å². The van der Waals surface area contributed by atoms with Gasteiger partial charge in [0, 0.05) is 23.2 Å². The van der Waals surface area contributed by atoms with Gasteiger partial charge >= 0.3 is 0 Å². The summed E-state index contributed by atoms with van der Waals surface area (Å²) in [7, 11) is 0. The number of rotatable bonds is 5. The molecule has 0 saturated heterocycles. The Hall–Kier alpha value is -3.32. The number of primary amides is 1. The quantitative estimate of drug-likeness (QED) is 0.506. The van der Waals surface area contributed by atoms with Crippen LogP contribution in [0.15, 0.2) is 48.5 Å². The molecule has 1 aliphatic carbocycles. The van der Waals surface area contributed by atoms with Crippen molar-refractivity contribution in [2.24, 2.45) is 5.73 Å². The summed E-state index contributed by atoms with van der Waals surface area (Å²) in [6.07, 6.45) is 4.21. The molecule has 4 aromatic rings. The van der Waals surface area contributed by atoms with Crippen LogP contribution in [0, 0.1) is 0 Å². The molecule has 2 heterocycles. The third kappa shape index (κ3) is 3.41. The summed E-state index contributed by atoms with van der Waals surface area (Å²) in [6, 6.07) is 15.8. The van der Waals surface area contributed by atoms with Crippen LogP contribution in [-0.2, 0) is 19.4 Å². The van der Waals surface area contributed by atoms with Crippen LogP contribution in [0.1, 0.15) is 40.0 Å². The smallest absolute Gasteiger partial charge is 0.250 e. The molecular weight excluding hydrogens is 394 g/mol. The van der Waals surface area contributed by atoms with Crippen molar-refractivity contribution in [2.75, 3.05) is 5.32 Å². The van der Waals surface area contributed by atoms with E-state index in [-0.39, 0.29) is 0 Å². The van der Waals surface area contributed by atoms with Crippen molar-refractivity contribution in [3.05, 3.63) is 70.9 Å². The van der Waals surface area contributed by atoms with Crippen molar-refractivity contribution < 1.29 is 4.79 Å². The predicted octanol–water partition coefficient (Wildman–Crippen LogP) is 4.34. The first-order chi connectivity index (χ1) is 14.7. The van der Waals surface area contributed by atoms with Gasteiger partial charge in [0.2, 0.25) is 5.91 Å². The Morgan fingerprint density at radius 1 is 1.03 bits per heavy atom. The molecule has 0 fully saturated rings. The molecule has 5 rings (SSSR count). The van der Waals surface area contributed by atoms with Crippen molar-refractivity contribution in [1.29, 1.82) is 0 Å². The van der Waals surface area contributed by atoms with Gasteiger partial charge in [-0.2, -0.15) is 4.37 Å². The number of nitrogens with zero attached hydrogens (tertiary/aromatic N) is 3. The molecule has 3 N–H and O–H groups in total. The number of benzene rings is 2. The Labute approximate surface area is 178 Å². The summed E-state index contributed by atoms with van der Waals surface area (Å²) in [5, 5.41) is 4.38. The van der Waals surface area contributed by atoms with E-state index >= 15 is 0 Å². The number of anilines is 1. The first-order valence-electron chi connectivity index (χ1n) is 10.1. The van der Waals surface area contributed by atoms with E-state index in [0.29, 0.717) is 23.6 Å². The third-order valence-electron chi connectivity index (χ3n) is 5.46. The van der Waals surface area contributed by atoms with Crippen molar-refractivity contribution in [3.63, 3.8) is 0 Å². The van der Waals surface area contributed by atoms with Gasteiger partial charge in [-0.1, -0.05) is 42.5 Å². The molecule has 0 aliphatic heterocycles. The summed E-state index contributed by atoms with van der Waals surface area (Å²) in [6.45, 7) is 0.702. The van der Waals surface area contributed by atoms with E-state index in [9.17, 15) is 4.79 Å². The number of carbonyl (C=O) groups is 1. The minimum absolute atomic E-state index is 0.452. The molecule has 2 aromatic heterocycles. The molecule has 1 aliphatic rings. The summed E-state index contributed by atoms with van der Waals surface area (Å²) in [4.78, 5) is 21.5. The zero-order chi connectivity index (χ0) is 20.5. The highest BCUT2D eigenvalue weighted by atomic mass is 32.1. The highest BCUT2D eigenvalue weighted by molar-refractivity contribution is 7.14. The number of amides is 1. The number of nitrogens with one attached hydrogen (secondary N) is 1. The Morgan fingerprint density at radius 3 is 2.70 bits per heavy atom. The molecule has 0 spiro atoms. The molecule has 0 bridgehead atoms. The first kappa shape index (κ1) is 18.7. The number of nitrogens with two attached hydrogens (primary N) is 1. The van der Waals surface area contributed by atoms with Gasteiger partial charge in [-0.3, -0.25) is 4.79 Å². The van der Waals surface area contributed by atoms with Gasteiger partial charge in [-0.15, -0.1) is 0 Å². The second-order valence-corrected chi connectivity index (χ2v) is 8.22. The summed E-state index contributed by atoms with van der Waals surface area (Å²) in [5.74, 6) is 1.03. The predicted molar refractivity (Wildman–Crippen MR) is 120 cm³/mol. The zero-order valence-corrected chi connectivity index (χ0v) is 17.2. The molecular formula is C23H21N5OS. The van der Waals surface area contributed by atoms with Gasteiger partial charge in [0.15, 0.2) is 5.82 Å². The second-order valence-electron chi connectivity index (χ2n) is 7.45. The maximum atomic E-state index is 11.8. The molecule has 0 atom stereocenters. The fraction of sp³-hybridized carbons (Fsp3) is 0.217. The van der Waals surface area contributed by atoms with Gasteiger partial charge in [0.1, 0.15) is 11.5 Å². The minimum atomic E-state index is -0.452. The standard InChI is InChI=1S/C23H21N5OS/c24-21(29)17-11-6-10-16-19(28-30-20(16)17)23-26-18-12-5-4-9-15(18)22(27-23)25-13-14-7-2-1-3-8-14/h1-3,6-8,10-11H,4-5,9,12-13H2,(H2,24,29)(H,25,26,27). The molecule has 150 valence electrons. The van der Waals surface area contributed by atoms with E-state index in [1.54, 1.807) is 6.07 Å². The number of fused-ring (bicyclic) bond motifs is 2. The summed E-state index contributed by atoms with van der Waals surface area (Å²) < 4.78 is 5.38. The molecule has 1 amide bonds. The lowest BCUT2D eigenvalue weighted by atomic mass is 9.96. The Balaban J connectivity index is 1.58. The van der Waals surface area contributed by atoms with E-state index in [0.717, 1.165) is 47.3 Å². The van der Waals surface area contributed by atoms with E-state index in [1.807, 2.05) is 30.3 Å². The van der Waals surface area contributed by atoms with Crippen LogP contribution in [-0.4, -0.2) is 20.2 Å². The fourth-order valence-corrected chi connectivity index (χ4v) is 4.84. The molecule has 0 saturated carbocycles. The zero-order valence-electron chi connectivity index (χ0n) is 16.4. The lowest BCUT2D eigenvalue weighted by Crippen LogP contribution is -2.14. The fourth-order valence-electron chi connectivity index (χ4n) is 3.95. The maximum Gasteiger partial charge on any atom is 0.250 e. The Kier molecular flexibility index (Phi) is 4.88. The van der Waals surface area contributed by atoms with Crippen molar-refractivity contribution in [1.82, 2.24) is 14.3 Å². The number of hydrogen-bond donors (Lipinski definition) is 2. The number of aryl methyl sites for hydroxylation is 1. The average Bonchev–Trinajstić information content (AvgIpc) is 3.22. The number of hydrogen-bond acceptors (Lipinski definition) is 6. The first-order valence-corrected chi connectivity index (χ1v) is 10.8. The van der Waals surface area contributed by atoms with Crippen molar-refractivity contribution in [3.8, 4) is 11.5 Å². The molecule has 0 radical (unpaired) electrons. The van der Waals surface area contributed by atoms with Crippen LogP contribution >= 0.6 is 11.5 Å². The van der Waals surface area contributed by atoms with Crippen LogP contribution in [0.4, 0.5) is 5.82 Å². The summed E-state index contributed by atoms with van der Waals surface area (Å²) in [5.41, 5.74) is 10.2. The van der Waals surface area contributed by atoms with Gasteiger partial charge in [0.05, 0.1) is 10.3 Å². The maximum absolute atomic E-state index is 11.8. The molecule has 7 heteroatoms. The van der Waals surface area contributed by atoms with Gasteiger partial charge in [-0.25, -0.2) is 9.97 Å². The Morgan fingerprint density at radius 2 is 1.87 bits per heavy atom. The number of aromatic nitrogens is 3. The topological polar surface area (TPSA) is 93.8 Å². The monoisotopic (exact) mass is 415 g/mol. The lowest BCUT2D eigenvalue weighted by molar-refractivity contribution is 0.100. The third-order valence-corrected chi connectivity index (χ3v) is 6.36. The largest absolute Gasteiger partial charge is 0.366 e. The molecule has 30 heavy (non-hydrogen) atoms. The minimum Gasteiger partial charge on any atom is -0.366 e. The van der Waals surface area contributed by atoms with Crippen LogP contribution < -0.4 is 11.1 Å². The Bertz CT molecular complexity index is 1240. The van der Waals surface area contributed by atoms with Crippen LogP contribution in [0.5, 0.6) is 0 Å². The van der Waals surface area contributed by atoms with Gasteiger partial charge < -0.3 is 11.1 Å². The van der Waals surface area contributed by atoms with Crippen molar-refractivity contribution >= 4 is 33.3 Å². The molecule has 2 aromatic carbocycles. The van der Waals surface area contributed by atoms with Gasteiger partial charge in [0.25, 0.3) is 0 Å². The van der Waals surface area contributed by atoms with Crippen molar-refractivity contribution in [2.45, 2.75) is 32.2 Å².